The van der Waals surface area contributed by atoms with Gasteiger partial charge in [0.25, 0.3) is 0 Å². The summed E-state index contributed by atoms with van der Waals surface area (Å²) in [6.45, 7) is 5.51. The van der Waals surface area contributed by atoms with E-state index >= 15 is 0 Å². The van der Waals surface area contributed by atoms with Crippen LogP contribution in [0.5, 0.6) is 5.75 Å². The second-order valence-corrected chi connectivity index (χ2v) is 5.24. The summed E-state index contributed by atoms with van der Waals surface area (Å²) in [6.07, 6.45) is 0. The topological polar surface area (TPSA) is 66.8 Å². The van der Waals surface area contributed by atoms with Crippen LogP contribution in [0.1, 0.15) is 40.1 Å². The second kappa shape index (κ2) is 7.64. The Morgan fingerprint density at radius 3 is 2.25 bits per heavy atom. The predicted octanol–water partition coefficient (Wildman–Crippen LogP) is 3.47. The molecule has 1 N–H and O–H groups in total. The second-order valence-electron chi connectivity index (χ2n) is 5.24. The maximum Gasteiger partial charge on any atom is 0.336 e. The van der Waals surface area contributed by atoms with Crippen molar-refractivity contribution in [3.05, 3.63) is 59.2 Å². The van der Waals surface area contributed by atoms with Gasteiger partial charge in [-0.05, 0) is 44.2 Å². The number of carboxylic acid groups (broad SMARTS) is 1. The first-order valence-corrected chi connectivity index (χ1v) is 7.83. The van der Waals surface area contributed by atoms with Crippen molar-refractivity contribution >= 4 is 17.4 Å². The zero-order chi connectivity index (χ0) is 17.7. The van der Waals surface area contributed by atoms with Gasteiger partial charge in [-0.1, -0.05) is 12.1 Å². The van der Waals surface area contributed by atoms with Crippen molar-refractivity contribution in [3.63, 3.8) is 0 Å². The van der Waals surface area contributed by atoms with E-state index in [0.717, 1.165) is 18.8 Å². The summed E-state index contributed by atoms with van der Waals surface area (Å²) in [7, 11) is 1.48. The molecule has 0 radical (unpaired) electrons. The Hall–Kier alpha value is -2.82. The summed E-state index contributed by atoms with van der Waals surface area (Å²) in [5.41, 5.74) is 1.28. The van der Waals surface area contributed by atoms with Crippen molar-refractivity contribution in [3.8, 4) is 5.75 Å². The molecule has 2 aromatic carbocycles. The molecule has 0 unspecified atom stereocenters. The summed E-state index contributed by atoms with van der Waals surface area (Å²) >= 11 is 0. The molecule has 0 aliphatic rings. The van der Waals surface area contributed by atoms with Crippen LogP contribution >= 0.6 is 0 Å². The molecule has 24 heavy (non-hydrogen) atoms. The summed E-state index contributed by atoms with van der Waals surface area (Å²) in [6, 6.07) is 11.7. The number of carboxylic acids is 1. The van der Waals surface area contributed by atoms with E-state index in [1.54, 1.807) is 42.5 Å². The Labute approximate surface area is 141 Å². The lowest BCUT2D eigenvalue weighted by atomic mass is 9.97. The number of para-hydroxylation sites is 1. The highest BCUT2D eigenvalue weighted by Crippen LogP contribution is 2.26. The van der Waals surface area contributed by atoms with E-state index in [2.05, 4.69) is 0 Å². The van der Waals surface area contributed by atoms with Gasteiger partial charge >= 0.3 is 5.97 Å². The first-order valence-electron chi connectivity index (χ1n) is 7.83. The van der Waals surface area contributed by atoms with Crippen LogP contribution in [0.15, 0.2) is 42.5 Å². The van der Waals surface area contributed by atoms with Crippen LogP contribution in [0, 0.1) is 0 Å². The van der Waals surface area contributed by atoms with Crippen molar-refractivity contribution in [1.82, 2.24) is 0 Å². The molecule has 0 aliphatic heterocycles. The Balaban J connectivity index is 2.53. The molecular weight excluding hydrogens is 306 g/mol. The average molecular weight is 327 g/mol. The van der Waals surface area contributed by atoms with Gasteiger partial charge in [0, 0.05) is 24.3 Å². The average Bonchev–Trinajstić information content (AvgIpc) is 2.62. The van der Waals surface area contributed by atoms with Gasteiger partial charge in [-0.2, -0.15) is 0 Å². The Bertz CT molecular complexity index is 751. The summed E-state index contributed by atoms with van der Waals surface area (Å²) in [5.74, 6) is -1.06. The van der Waals surface area contributed by atoms with Crippen molar-refractivity contribution in [2.24, 2.45) is 0 Å². The molecule has 126 valence electrons. The molecule has 5 nitrogen and oxygen atoms in total. The Morgan fingerprint density at radius 2 is 1.67 bits per heavy atom. The van der Waals surface area contributed by atoms with E-state index < -0.39 is 5.97 Å². The molecule has 0 saturated carbocycles. The number of rotatable bonds is 7. The van der Waals surface area contributed by atoms with Crippen LogP contribution < -0.4 is 9.64 Å². The molecule has 0 spiro atoms. The van der Waals surface area contributed by atoms with Crippen LogP contribution in [0.4, 0.5) is 5.69 Å². The van der Waals surface area contributed by atoms with E-state index in [1.165, 1.54) is 7.11 Å². The number of ether oxygens (including phenoxy) is 1. The summed E-state index contributed by atoms with van der Waals surface area (Å²) in [5, 5.41) is 9.54. The molecule has 5 heteroatoms. The van der Waals surface area contributed by atoms with Crippen LogP contribution in [0.3, 0.4) is 0 Å². The normalized spacial score (nSPS) is 10.3. The molecule has 0 heterocycles. The monoisotopic (exact) mass is 327 g/mol. The minimum Gasteiger partial charge on any atom is -0.496 e. The zero-order valence-corrected chi connectivity index (χ0v) is 14.1. The van der Waals surface area contributed by atoms with Crippen molar-refractivity contribution in [2.75, 3.05) is 25.1 Å². The van der Waals surface area contributed by atoms with Crippen LogP contribution in [-0.4, -0.2) is 37.1 Å². The molecule has 0 saturated heterocycles. The van der Waals surface area contributed by atoms with Crippen molar-refractivity contribution < 1.29 is 19.4 Å². The minimum absolute atomic E-state index is 0.00435. The highest BCUT2D eigenvalue weighted by Gasteiger charge is 2.21. The fourth-order valence-corrected chi connectivity index (χ4v) is 2.67. The predicted molar refractivity (Wildman–Crippen MR) is 93.4 cm³/mol. The fourth-order valence-electron chi connectivity index (χ4n) is 2.67. The first-order chi connectivity index (χ1) is 11.5. The van der Waals surface area contributed by atoms with Crippen LogP contribution in [0.25, 0.3) is 0 Å². The lowest BCUT2D eigenvalue weighted by Crippen LogP contribution is -2.22. The standard InChI is InChI=1S/C19H21NO4/c1-4-20(5-2)13-10-11-14(16(12-13)19(22)23)18(21)15-8-6-7-9-17(15)24-3/h6-12H,4-5H2,1-3H3,(H,22,23). The lowest BCUT2D eigenvalue weighted by Gasteiger charge is -2.22. The number of methoxy groups -OCH3 is 1. The van der Waals surface area contributed by atoms with Crippen molar-refractivity contribution in [1.29, 1.82) is 0 Å². The minimum atomic E-state index is -1.12. The maximum absolute atomic E-state index is 12.8. The van der Waals surface area contributed by atoms with E-state index in [9.17, 15) is 14.7 Å². The smallest absolute Gasteiger partial charge is 0.336 e. The number of ketones is 1. The molecule has 0 aromatic heterocycles. The number of anilines is 1. The lowest BCUT2D eigenvalue weighted by molar-refractivity contribution is 0.0692. The molecule has 2 aromatic rings. The third-order valence-corrected chi connectivity index (χ3v) is 3.96. The van der Waals surface area contributed by atoms with Gasteiger partial charge in [-0.25, -0.2) is 4.79 Å². The van der Waals surface area contributed by atoms with Gasteiger partial charge in [0.2, 0.25) is 0 Å². The summed E-state index contributed by atoms with van der Waals surface area (Å²) in [4.78, 5) is 26.5. The number of nitrogens with zero attached hydrogens (tertiary/aromatic N) is 1. The Kier molecular flexibility index (Phi) is 5.58. The van der Waals surface area contributed by atoms with E-state index in [0.29, 0.717) is 11.3 Å². The number of benzene rings is 2. The molecule has 0 bridgehead atoms. The molecule has 0 fully saturated rings. The van der Waals surface area contributed by atoms with Gasteiger partial charge in [0.15, 0.2) is 5.78 Å². The molecule has 0 amide bonds. The highest BCUT2D eigenvalue weighted by molar-refractivity contribution is 6.15. The largest absolute Gasteiger partial charge is 0.496 e. The highest BCUT2D eigenvalue weighted by atomic mass is 16.5. The van der Waals surface area contributed by atoms with Gasteiger partial charge in [0.1, 0.15) is 5.75 Å². The zero-order valence-electron chi connectivity index (χ0n) is 14.1. The molecular formula is C19H21NO4. The number of hydrogen-bond acceptors (Lipinski definition) is 4. The van der Waals surface area contributed by atoms with E-state index in [1.807, 2.05) is 18.7 Å². The maximum atomic E-state index is 12.8. The molecule has 2 rings (SSSR count). The number of carbonyl (C=O) groups excluding carboxylic acids is 1. The quantitative estimate of drug-likeness (QED) is 0.789. The van der Waals surface area contributed by atoms with Gasteiger partial charge in [-0.15, -0.1) is 0 Å². The van der Waals surface area contributed by atoms with E-state index in [4.69, 9.17) is 4.74 Å². The number of carbonyl (C=O) groups is 2. The number of hydrogen-bond donors (Lipinski definition) is 1. The molecule has 0 aliphatic carbocycles. The molecule has 0 atom stereocenters. The van der Waals surface area contributed by atoms with Crippen LogP contribution in [0.2, 0.25) is 0 Å². The van der Waals surface area contributed by atoms with E-state index in [-0.39, 0.29) is 16.9 Å². The van der Waals surface area contributed by atoms with Crippen molar-refractivity contribution in [2.45, 2.75) is 13.8 Å². The Morgan fingerprint density at radius 1 is 1.00 bits per heavy atom. The SMILES string of the molecule is CCN(CC)c1ccc(C(=O)c2ccccc2OC)c(C(=O)O)c1. The third kappa shape index (κ3) is 3.40. The van der Waals surface area contributed by atoms with Gasteiger partial charge < -0.3 is 14.7 Å². The van der Waals surface area contributed by atoms with Crippen LogP contribution in [-0.2, 0) is 0 Å². The third-order valence-electron chi connectivity index (χ3n) is 3.96. The first kappa shape index (κ1) is 17.5. The fraction of sp³-hybridized carbons (Fsp3) is 0.263. The summed E-state index contributed by atoms with van der Waals surface area (Å²) < 4.78 is 5.21. The number of aromatic carboxylic acids is 1. The van der Waals surface area contributed by atoms with Gasteiger partial charge in [-0.3, -0.25) is 4.79 Å². The van der Waals surface area contributed by atoms with Gasteiger partial charge in [0.05, 0.1) is 18.2 Å².